The average molecular weight is 369 g/mol. The maximum atomic E-state index is 5.90. The predicted octanol–water partition coefficient (Wildman–Crippen LogP) is 4.50. The monoisotopic (exact) mass is 367 g/mol. The third kappa shape index (κ3) is 3.67. The minimum absolute atomic E-state index is 0.374. The lowest BCUT2D eigenvalue weighted by Crippen LogP contribution is -2.14. The first-order valence-electron chi connectivity index (χ1n) is 5.89. The van der Waals surface area contributed by atoms with E-state index in [0.29, 0.717) is 12.5 Å². The van der Waals surface area contributed by atoms with E-state index in [0.717, 1.165) is 15.4 Å². The van der Waals surface area contributed by atoms with Crippen LogP contribution in [0.25, 0.3) is 0 Å². The summed E-state index contributed by atoms with van der Waals surface area (Å²) in [6.07, 6.45) is 0.978. The highest BCUT2D eigenvalue weighted by molar-refractivity contribution is 9.10. The normalized spacial score (nSPS) is 12.4. The summed E-state index contributed by atoms with van der Waals surface area (Å²) in [5.74, 6) is 0.374. The lowest BCUT2D eigenvalue weighted by Gasteiger charge is -2.15. The summed E-state index contributed by atoms with van der Waals surface area (Å²) < 4.78 is 2.21. The molecule has 18 heavy (non-hydrogen) atoms. The quantitative estimate of drug-likeness (QED) is 0.844. The number of hydrogen-bond acceptors (Lipinski definition) is 1. The van der Waals surface area contributed by atoms with E-state index in [2.05, 4.69) is 80.4 Å². The zero-order chi connectivity index (χ0) is 13.0. The average Bonchev–Trinajstić information content (AvgIpc) is 2.39. The topological polar surface area (TPSA) is 26.0 Å². The maximum Gasteiger partial charge on any atom is 0.0175 e. The number of rotatable bonds is 4. The molecule has 1 atom stereocenters. The predicted molar refractivity (Wildman–Crippen MR) is 83.8 cm³/mol. The second-order valence-electron chi connectivity index (χ2n) is 4.31. The molecule has 1 unspecified atom stereocenters. The van der Waals surface area contributed by atoms with Crippen LogP contribution in [0.2, 0.25) is 0 Å². The first kappa shape index (κ1) is 13.8. The second-order valence-corrected chi connectivity index (χ2v) is 6.15. The molecule has 0 heterocycles. The highest BCUT2D eigenvalue weighted by atomic mass is 79.9. The highest BCUT2D eigenvalue weighted by Crippen LogP contribution is 2.22. The molecule has 0 radical (unpaired) electrons. The number of hydrogen-bond donors (Lipinski definition) is 1. The van der Waals surface area contributed by atoms with Crippen LogP contribution in [0.1, 0.15) is 17.0 Å². The fraction of sp³-hybridized carbons (Fsp3) is 0.200. The van der Waals surface area contributed by atoms with Crippen LogP contribution >= 0.6 is 31.9 Å². The van der Waals surface area contributed by atoms with Crippen molar-refractivity contribution in [2.75, 3.05) is 6.54 Å². The van der Waals surface area contributed by atoms with Crippen LogP contribution in [0.3, 0.4) is 0 Å². The third-order valence-electron chi connectivity index (χ3n) is 3.02. The second kappa shape index (κ2) is 6.50. The number of halogens is 2. The SMILES string of the molecule is NCC(Cc1ccc(Br)cc1)c1ccc(Br)cc1. The molecular formula is C15H15Br2N. The zero-order valence-corrected chi connectivity index (χ0v) is 13.1. The zero-order valence-electron chi connectivity index (χ0n) is 9.94. The molecule has 0 saturated heterocycles. The summed E-state index contributed by atoms with van der Waals surface area (Å²) in [5, 5.41) is 0. The van der Waals surface area contributed by atoms with Crippen LogP contribution in [0, 0.1) is 0 Å². The van der Waals surface area contributed by atoms with Crippen LogP contribution in [-0.4, -0.2) is 6.54 Å². The Morgan fingerprint density at radius 1 is 0.833 bits per heavy atom. The van der Waals surface area contributed by atoms with Crippen molar-refractivity contribution in [1.82, 2.24) is 0 Å². The van der Waals surface area contributed by atoms with Gasteiger partial charge in [-0.05, 0) is 48.4 Å². The van der Waals surface area contributed by atoms with Gasteiger partial charge >= 0.3 is 0 Å². The minimum atomic E-state index is 0.374. The summed E-state index contributed by atoms with van der Waals surface area (Å²) in [6, 6.07) is 16.9. The molecule has 2 N–H and O–H groups in total. The Labute approximate surface area is 125 Å². The molecule has 0 spiro atoms. The van der Waals surface area contributed by atoms with E-state index in [-0.39, 0.29) is 0 Å². The molecule has 1 nitrogen and oxygen atoms in total. The van der Waals surface area contributed by atoms with E-state index in [9.17, 15) is 0 Å². The first-order valence-corrected chi connectivity index (χ1v) is 7.47. The largest absolute Gasteiger partial charge is 0.330 e. The summed E-state index contributed by atoms with van der Waals surface area (Å²) in [6.45, 7) is 0.664. The highest BCUT2D eigenvalue weighted by Gasteiger charge is 2.10. The standard InChI is InChI=1S/C15H15Br2N/c16-14-5-1-11(2-6-14)9-13(10-18)12-3-7-15(17)8-4-12/h1-8,13H,9-10,18H2. The third-order valence-corrected chi connectivity index (χ3v) is 4.08. The molecule has 0 fully saturated rings. The molecule has 2 aromatic rings. The summed E-state index contributed by atoms with van der Waals surface area (Å²) >= 11 is 6.91. The fourth-order valence-corrected chi connectivity index (χ4v) is 2.51. The van der Waals surface area contributed by atoms with Crippen molar-refractivity contribution in [1.29, 1.82) is 0 Å². The van der Waals surface area contributed by atoms with Crippen LogP contribution in [-0.2, 0) is 6.42 Å². The van der Waals surface area contributed by atoms with E-state index in [4.69, 9.17) is 5.73 Å². The van der Waals surface area contributed by atoms with Gasteiger partial charge in [-0.25, -0.2) is 0 Å². The Bertz CT molecular complexity index is 491. The van der Waals surface area contributed by atoms with Gasteiger partial charge in [0.15, 0.2) is 0 Å². The Morgan fingerprint density at radius 2 is 1.33 bits per heavy atom. The van der Waals surface area contributed by atoms with E-state index >= 15 is 0 Å². The Morgan fingerprint density at radius 3 is 1.83 bits per heavy atom. The fourth-order valence-electron chi connectivity index (χ4n) is 1.98. The molecule has 0 bridgehead atoms. The van der Waals surface area contributed by atoms with E-state index in [1.54, 1.807) is 0 Å². The van der Waals surface area contributed by atoms with Crippen LogP contribution in [0.15, 0.2) is 57.5 Å². The Balaban J connectivity index is 2.14. The molecule has 2 rings (SSSR count). The first-order chi connectivity index (χ1) is 8.69. The van der Waals surface area contributed by atoms with Crippen molar-refractivity contribution in [3.8, 4) is 0 Å². The van der Waals surface area contributed by atoms with Crippen molar-refractivity contribution in [3.63, 3.8) is 0 Å². The van der Waals surface area contributed by atoms with Gasteiger partial charge in [-0.1, -0.05) is 56.1 Å². The molecule has 0 aliphatic rings. The molecule has 0 amide bonds. The molecular weight excluding hydrogens is 354 g/mol. The van der Waals surface area contributed by atoms with Crippen molar-refractivity contribution in [3.05, 3.63) is 68.6 Å². The molecule has 94 valence electrons. The minimum Gasteiger partial charge on any atom is -0.330 e. The summed E-state index contributed by atoms with van der Waals surface area (Å²) in [4.78, 5) is 0. The summed E-state index contributed by atoms with van der Waals surface area (Å²) in [7, 11) is 0. The Kier molecular flexibility index (Phi) is 4.98. The van der Waals surface area contributed by atoms with Gasteiger partial charge in [0.25, 0.3) is 0 Å². The van der Waals surface area contributed by atoms with Gasteiger partial charge in [0.1, 0.15) is 0 Å². The number of nitrogens with two attached hydrogens (primary N) is 1. The van der Waals surface area contributed by atoms with Gasteiger partial charge in [-0.15, -0.1) is 0 Å². The van der Waals surface area contributed by atoms with Crippen LogP contribution in [0.4, 0.5) is 0 Å². The van der Waals surface area contributed by atoms with Crippen LogP contribution in [0.5, 0.6) is 0 Å². The molecule has 0 aromatic heterocycles. The lowest BCUT2D eigenvalue weighted by atomic mass is 9.92. The van der Waals surface area contributed by atoms with E-state index in [1.165, 1.54) is 11.1 Å². The molecule has 2 aromatic carbocycles. The van der Waals surface area contributed by atoms with Crippen molar-refractivity contribution in [2.45, 2.75) is 12.3 Å². The maximum absolute atomic E-state index is 5.90. The smallest absolute Gasteiger partial charge is 0.0175 e. The molecule has 3 heteroatoms. The molecule has 0 saturated carbocycles. The van der Waals surface area contributed by atoms with Gasteiger partial charge in [-0.3, -0.25) is 0 Å². The van der Waals surface area contributed by atoms with Crippen molar-refractivity contribution >= 4 is 31.9 Å². The number of benzene rings is 2. The lowest BCUT2D eigenvalue weighted by molar-refractivity contribution is 0.694. The molecule has 0 aliphatic carbocycles. The summed E-state index contributed by atoms with van der Waals surface area (Å²) in [5.41, 5.74) is 8.51. The van der Waals surface area contributed by atoms with Gasteiger partial charge in [0.05, 0.1) is 0 Å². The Hall–Kier alpha value is -0.640. The van der Waals surface area contributed by atoms with Gasteiger partial charge in [-0.2, -0.15) is 0 Å². The van der Waals surface area contributed by atoms with Gasteiger partial charge in [0.2, 0.25) is 0 Å². The van der Waals surface area contributed by atoms with E-state index < -0.39 is 0 Å². The van der Waals surface area contributed by atoms with Gasteiger partial charge < -0.3 is 5.73 Å². The van der Waals surface area contributed by atoms with E-state index in [1.807, 2.05) is 0 Å². The van der Waals surface area contributed by atoms with Crippen molar-refractivity contribution in [2.24, 2.45) is 5.73 Å². The van der Waals surface area contributed by atoms with Crippen LogP contribution < -0.4 is 5.73 Å². The van der Waals surface area contributed by atoms with Gasteiger partial charge in [0, 0.05) is 14.9 Å². The molecule has 0 aliphatic heterocycles. The van der Waals surface area contributed by atoms with Crippen molar-refractivity contribution < 1.29 is 0 Å².